The molecule has 4 N–H and O–H groups in total. The number of benzene rings is 2. The zero-order chi connectivity index (χ0) is 17.9. The minimum absolute atomic E-state index is 0.0858. The van der Waals surface area contributed by atoms with E-state index in [1.807, 2.05) is 30.3 Å². The van der Waals surface area contributed by atoms with Crippen molar-refractivity contribution in [3.8, 4) is 17.1 Å². The van der Waals surface area contributed by atoms with Crippen molar-refractivity contribution >= 4 is 16.9 Å². The summed E-state index contributed by atoms with van der Waals surface area (Å²) < 4.78 is 0. The lowest BCUT2D eigenvalue weighted by Crippen LogP contribution is -2.38. The number of rotatable bonds is 4. The summed E-state index contributed by atoms with van der Waals surface area (Å²) in [5.41, 5.74) is 2.35. The Morgan fingerprint density at radius 2 is 2.08 bits per heavy atom. The number of carbonyl (C=O) groups is 1. The van der Waals surface area contributed by atoms with Gasteiger partial charge < -0.3 is 20.7 Å². The highest BCUT2D eigenvalue weighted by molar-refractivity contribution is 6.06. The number of imidazole rings is 1. The van der Waals surface area contributed by atoms with E-state index in [1.54, 1.807) is 6.07 Å². The zero-order valence-electron chi connectivity index (χ0n) is 14.5. The molecule has 1 amide bonds. The van der Waals surface area contributed by atoms with Gasteiger partial charge in [0, 0.05) is 12.1 Å². The van der Waals surface area contributed by atoms with Crippen LogP contribution in [0.5, 0.6) is 5.75 Å². The molecule has 1 aliphatic rings. The van der Waals surface area contributed by atoms with Crippen LogP contribution < -0.4 is 10.6 Å². The quantitative estimate of drug-likeness (QED) is 0.582. The first-order valence-corrected chi connectivity index (χ1v) is 8.98. The number of aromatic amines is 1. The fraction of sp³-hybridized carbons (Fsp3) is 0.300. The van der Waals surface area contributed by atoms with E-state index in [9.17, 15) is 9.90 Å². The van der Waals surface area contributed by atoms with E-state index in [1.165, 1.54) is 6.07 Å². The van der Waals surface area contributed by atoms with Crippen LogP contribution in [0.2, 0.25) is 0 Å². The van der Waals surface area contributed by atoms with Gasteiger partial charge in [0.1, 0.15) is 22.6 Å². The highest BCUT2D eigenvalue weighted by Crippen LogP contribution is 2.29. The molecule has 1 aromatic heterocycles. The van der Waals surface area contributed by atoms with Crippen molar-refractivity contribution in [1.29, 1.82) is 0 Å². The number of aromatic hydroxyl groups is 1. The van der Waals surface area contributed by atoms with Crippen LogP contribution in [0.1, 0.15) is 23.2 Å². The maximum absolute atomic E-state index is 12.7. The molecule has 0 radical (unpaired) electrons. The molecule has 0 bridgehead atoms. The predicted molar refractivity (Wildman–Crippen MR) is 101 cm³/mol. The van der Waals surface area contributed by atoms with Crippen molar-refractivity contribution < 1.29 is 9.90 Å². The molecule has 1 aliphatic heterocycles. The van der Waals surface area contributed by atoms with Gasteiger partial charge in [0.25, 0.3) is 5.91 Å². The molecule has 3 aromatic rings. The topological polar surface area (TPSA) is 90.0 Å². The number of H-pyrrole nitrogens is 1. The van der Waals surface area contributed by atoms with Crippen LogP contribution in [0.25, 0.3) is 22.4 Å². The van der Waals surface area contributed by atoms with E-state index in [2.05, 4.69) is 20.6 Å². The molecule has 1 fully saturated rings. The maximum Gasteiger partial charge on any atom is 0.253 e. The van der Waals surface area contributed by atoms with Gasteiger partial charge in [-0.1, -0.05) is 30.3 Å². The Hall–Kier alpha value is -2.86. The van der Waals surface area contributed by atoms with Crippen molar-refractivity contribution in [1.82, 2.24) is 20.6 Å². The summed E-state index contributed by atoms with van der Waals surface area (Å²) in [4.78, 5) is 20.4. The summed E-state index contributed by atoms with van der Waals surface area (Å²) in [5, 5.41) is 16.5. The van der Waals surface area contributed by atoms with E-state index in [0.29, 0.717) is 34.9 Å². The van der Waals surface area contributed by atoms with Crippen LogP contribution in [0.4, 0.5) is 0 Å². The zero-order valence-corrected chi connectivity index (χ0v) is 14.5. The number of hydrogen-bond acceptors (Lipinski definition) is 4. The lowest BCUT2D eigenvalue weighted by molar-refractivity contribution is 0.0946. The average molecular weight is 350 g/mol. The first kappa shape index (κ1) is 16.6. The molecule has 2 heterocycles. The second-order valence-corrected chi connectivity index (χ2v) is 6.73. The minimum Gasteiger partial charge on any atom is -0.506 e. The monoisotopic (exact) mass is 350 g/mol. The smallest absolute Gasteiger partial charge is 0.253 e. The van der Waals surface area contributed by atoms with E-state index in [4.69, 9.17) is 0 Å². The number of phenolic OH excluding ortho intramolecular Hbond substituents is 1. The van der Waals surface area contributed by atoms with Crippen LogP contribution in [-0.2, 0) is 0 Å². The number of piperidine rings is 1. The number of nitrogens with one attached hydrogen (secondary N) is 3. The Kier molecular flexibility index (Phi) is 4.58. The molecule has 1 saturated heterocycles. The fourth-order valence-corrected chi connectivity index (χ4v) is 3.42. The molecule has 4 rings (SSSR count). The van der Waals surface area contributed by atoms with Gasteiger partial charge in [-0.3, -0.25) is 4.79 Å². The van der Waals surface area contributed by atoms with Crippen molar-refractivity contribution in [3.63, 3.8) is 0 Å². The normalized spacial score (nSPS) is 17.3. The Morgan fingerprint density at radius 3 is 2.85 bits per heavy atom. The summed E-state index contributed by atoms with van der Waals surface area (Å²) in [6.45, 7) is 2.63. The molecule has 26 heavy (non-hydrogen) atoms. The van der Waals surface area contributed by atoms with Gasteiger partial charge in [-0.25, -0.2) is 4.98 Å². The van der Waals surface area contributed by atoms with E-state index >= 15 is 0 Å². The number of fused-ring (bicyclic) bond motifs is 1. The number of phenols is 1. The van der Waals surface area contributed by atoms with Crippen molar-refractivity contribution in [2.75, 3.05) is 19.6 Å². The van der Waals surface area contributed by atoms with E-state index < -0.39 is 0 Å². The Balaban J connectivity index is 1.61. The fourth-order valence-electron chi connectivity index (χ4n) is 3.42. The molecule has 6 heteroatoms. The first-order valence-electron chi connectivity index (χ1n) is 8.98. The third-order valence-electron chi connectivity index (χ3n) is 4.87. The number of amides is 1. The minimum atomic E-state index is -0.160. The molecular formula is C20H22N4O2. The van der Waals surface area contributed by atoms with Gasteiger partial charge in [-0.2, -0.15) is 0 Å². The SMILES string of the molecule is O=C(NCC1CCCNC1)c1ccc(O)c2[nH]c(-c3ccccc3)nc12. The number of hydrogen-bond donors (Lipinski definition) is 4. The van der Waals surface area contributed by atoms with Gasteiger partial charge >= 0.3 is 0 Å². The Bertz CT molecular complexity index is 914. The summed E-state index contributed by atoms with van der Waals surface area (Å²) in [6, 6.07) is 12.8. The molecule has 2 aromatic carbocycles. The van der Waals surface area contributed by atoms with E-state index in [0.717, 1.165) is 31.5 Å². The molecule has 0 saturated carbocycles. The Morgan fingerprint density at radius 1 is 1.23 bits per heavy atom. The molecule has 0 spiro atoms. The third kappa shape index (κ3) is 3.28. The van der Waals surface area contributed by atoms with Crippen molar-refractivity contribution in [2.45, 2.75) is 12.8 Å². The second kappa shape index (κ2) is 7.17. The molecule has 1 atom stereocenters. The highest BCUT2D eigenvalue weighted by Gasteiger charge is 2.19. The predicted octanol–water partition coefficient (Wildman–Crippen LogP) is 2.66. The largest absolute Gasteiger partial charge is 0.506 e. The van der Waals surface area contributed by atoms with Gasteiger partial charge in [0.2, 0.25) is 0 Å². The molecule has 1 unspecified atom stereocenters. The number of nitrogens with zero attached hydrogens (tertiary/aromatic N) is 1. The lowest BCUT2D eigenvalue weighted by Gasteiger charge is -2.22. The summed E-state index contributed by atoms with van der Waals surface area (Å²) in [5.74, 6) is 1.02. The molecule has 0 aliphatic carbocycles. The summed E-state index contributed by atoms with van der Waals surface area (Å²) >= 11 is 0. The van der Waals surface area contributed by atoms with Gasteiger partial charge in [-0.05, 0) is 44.0 Å². The van der Waals surface area contributed by atoms with Crippen molar-refractivity contribution in [3.05, 3.63) is 48.0 Å². The highest BCUT2D eigenvalue weighted by atomic mass is 16.3. The van der Waals surface area contributed by atoms with Crippen LogP contribution in [0, 0.1) is 5.92 Å². The lowest BCUT2D eigenvalue weighted by atomic mass is 9.99. The first-order chi connectivity index (χ1) is 12.7. The maximum atomic E-state index is 12.7. The average Bonchev–Trinajstić information content (AvgIpc) is 3.14. The number of aromatic nitrogens is 2. The van der Waals surface area contributed by atoms with Gasteiger partial charge in [-0.15, -0.1) is 0 Å². The Labute approximate surface area is 151 Å². The summed E-state index contributed by atoms with van der Waals surface area (Å²) in [6.07, 6.45) is 2.27. The van der Waals surface area contributed by atoms with Crippen molar-refractivity contribution in [2.24, 2.45) is 5.92 Å². The molecular weight excluding hydrogens is 328 g/mol. The van der Waals surface area contributed by atoms with Crippen LogP contribution in [0.3, 0.4) is 0 Å². The van der Waals surface area contributed by atoms with Crippen LogP contribution >= 0.6 is 0 Å². The standard InChI is InChI=1S/C20H22N4O2/c25-16-9-8-15(20(26)22-12-13-5-4-10-21-11-13)17-18(16)24-19(23-17)14-6-2-1-3-7-14/h1-3,6-9,13,21,25H,4-5,10-12H2,(H,22,26)(H,23,24). The van der Waals surface area contributed by atoms with E-state index in [-0.39, 0.29) is 11.7 Å². The van der Waals surface area contributed by atoms with Crippen LogP contribution in [-0.4, -0.2) is 40.6 Å². The molecule has 134 valence electrons. The third-order valence-corrected chi connectivity index (χ3v) is 4.87. The van der Waals surface area contributed by atoms with Crippen LogP contribution in [0.15, 0.2) is 42.5 Å². The summed E-state index contributed by atoms with van der Waals surface area (Å²) in [7, 11) is 0. The number of carbonyl (C=O) groups excluding carboxylic acids is 1. The second-order valence-electron chi connectivity index (χ2n) is 6.73. The molecule has 6 nitrogen and oxygen atoms in total. The van der Waals surface area contributed by atoms with Gasteiger partial charge in [0.15, 0.2) is 0 Å². The van der Waals surface area contributed by atoms with Gasteiger partial charge in [0.05, 0.1) is 5.56 Å².